The predicted molar refractivity (Wildman–Crippen MR) is 151 cm³/mol. The van der Waals surface area contributed by atoms with Crippen molar-refractivity contribution < 1.29 is 14.5 Å². The lowest BCUT2D eigenvalue weighted by Gasteiger charge is -2.19. The van der Waals surface area contributed by atoms with Crippen LogP contribution in [0.2, 0.25) is 0 Å². The van der Waals surface area contributed by atoms with Crippen molar-refractivity contribution in [1.82, 2.24) is 9.47 Å². The molecular weight excluding hydrogens is 500 g/mol. The number of hydrogen-bond donors (Lipinski definition) is 0. The average Bonchev–Trinajstić information content (AvgIpc) is 3.60. The van der Waals surface area contributed by atoms with Crippen LogP contribution in [0.4, 0.5) is 16.2 Å². The molecule has 0 atom stereocenters. The zero-order chi connectivity index (χ0) is 26.8. The topological polar surface area (TPSA) is 88.7 Å². The number of amides is 2. The number of nitrogens with zero attached hydrogens (tertiary/aromatic N) is 4. The Hall–Kier alpha value is -3.85. The van der Waals surface area contributed by atoms with Crippen LogP contribution < -0.4 is 4.90 Å². The standard InChI is InChI=1S/C29H30N4O4S/c1-20-17-23(18-27-28(34)31(29(35)38-27)16-8-11-22-9-4-3-5-10-22)21(2)32(20)24-12-13-25(26(19-24)33(36)37)30-14-6-7-15-30/h3-5,9-10,12-13,17-19H,6-8,11,14-16H2,1-2H3/b27-18-. The molecule has 0 spiro atoms. The predicted octanol–water partition coefficient (Wildman–Crippen LogP) is 6.27. The number of nitro groups is 1. The Morgan fingerprint density at radius 2 is 1.76 bits per heavy atom. The number of carbonyl (C=O) groups excluding carboxylic acids is 2. The Morgan fingerprint density at radius 3 is 2.47 bits per heavy atom. The summed E-state index contributed by atoms with van der Waals surface area (Å²) in [7, 11) is 0. The van der Waals surface area contributed by atoms with Crippen molar-refractivity contribution >= 4 is 40.4 Å². The summed E-state index contributed by atoms with van der Waals surface area (Å²) in [6, 6.07) is 17.3. The lowest BCUT2D eigenvalue weighted by molar-refractivity contribution is -0.384. The maximum Gasteiger partial charge on any atom is 0.294 e. The zero-order valence-electron chi connectivity index (χ0n) is 21.6. The number of aromatic nitrogens is 1. The minimum Gasteiger partial charge on any atom is -0.366 e. The molecule has 2 saturated heterocycles. The average molecular weight is 531 g/mol. The van der Waals surface area contributed by atoms with Gasteiger partial charge in [-0.3, -0.25) is 24.6 Å². The SMILES string of the molecule is Cc1cc(/C=C2\SC(=O)N(CCCc3ccccc3)C2=O)c(C)n1-c1ccc(N2CCCC2)c([N+](=O)[O-])c1. The van der Waals surface area contributed by atoms with Crippen LogP contribution in [0.3, 0.4) is 0 Å². The molecule has 0 saturated carbocycles. The van der Waals surface area contributed by atoms with Gasteiger partial charge in [-0.2, -0.15) is 0 Å². The molecule has 0 aliphatic carbocycles. The Morgan fingerprint density at radius 1 is 1.03 bits per heavy atom. The van der Waals surface area contributed by atoms with Crippen LogP contribution in [-0.4, -0.2) is 45.2 Å². The number of imide groups is 1. The first kappa shape index (κ1) is 25.8. The number of thioether (sulfide) groups is 1. The highest BCUT2D eigenvalue weighted by Gasteiger charge is 2.35. The van der Waals surface area contributed by atoms with Crippen LogP contribution in [0.15, 0.2) is 59.5 Å². The lowest BCUT2D eigenvalue weighted by Crippen LogP contribution is -2.29. The van der Waals surface area contributed by atoms with Crippen LogP contribution in [-0.2, 0) is 11.2 Å². The largest absolute Gasteiger partial charge is 0.366 e. The van der Waals surface area contributed by atoms with Gasteiger partial charge in [0.1, 0.15) is 5.69 Å². The quantitative estimate of drug-likeness (QED) is 0.194. The number of aryl methyl sites for hydroxylation is 2. The summed E-state index contributed by atoms with van der Waals surface area (Å²) in [4.78, 5) is 41.0. The highest BCUT2D eigenvalue weighted by Crippen LogP contribution is 2.36. The first-order valence-corrected chi connectivity index (χ1v) is 13.7. The zero-order valence-corrected chi connectivity index (χ0v) is 22.4. The van der Waals surface area contributed by atoms with Crippen molar-refractivity contribution in [2.24, 2.45) is 0 Å². The molecule has 8 nitrogen and oxygen atoms in total. The van der Waals surface area contributed by atoms with E-state index in [1.54, 1.807) is 12.1 Å². The number of nitro benzene ring substituents is 1. The van der Waals surface area contributed by atoms with Gasteiger partial charge in [-0.05, 0) is 86.7 Å². The fraction of sp³-hybridized carbons (Fsp3) is 0.310. The van der Waals surface area contributed by atoms with Crippen molar-refractivity contribution in [2.45, 2.75) is 39.5 Å². The molecule has 0 radical (unpaired) electrons. The first-order chi connectivity index (χ1) is 18.3. The highest BCUT2D eigenvalue weighted by atomic mass is 32.2. The van der Waals surface area contributed by atoms with Gasteiger partial charge in [0.2, 0.25) is 0 Å². The highest BCUT2D eigenvalue weighted by molar-refractivity contribution is 8.18. The van der Waals surface area contributed by atoms with E-state index in [2.05, 4.69) is 4.90 Å². The monoisotopic (exact) mass is 530 g/mol. The van der Waals surface area contributed by atoms with Gasteiger partial charge in [-0.1, -0.05) is 30.3 Å². The molecule has 1 aromatic heterocycles. The molecule has 5 rings (SSSR count). The smallest absolute Gasteiger partial charge is 0.294 e. The van der Waals surface area contributed by atoms with Crippen molar-refractivity contribution in [3.05, 3.63) is 92.1 Å². The maximum atomic E-state index is 13.0. The van der Waals surface area contributed by atoms with E-state index in [1.807, 2.05) is 66.9 Å². The second-order valence-electron chi connectivity index (χ2n) is 9.71. The number of anilines is 1. The molecule has 2 aliphatic rings. The van der Waals surface area contributed by atoms with Gasteiger partial charge >= 0.3 is 0 Å². The van der Waals surface area contributed by atoms with Crippen LogP contribution in [0.25, 0.3) is 11.8 Å². The maximum absolute atomic E-state index is 13.0. The van der Waals surface area contributed by atoms with E-state index < -0.39 is 0 Å². The molecule has 38 heavy (non-hydrogen) atoms. The third-order valence-corrected chi connectivity index (χ3v) is 8.09. The molecule has 3 heterocycles. The summed E-state index contributed by atoms with van der Waals surface area (Å²) in [5, 5.41) is 11.7. The lowest BCUT2D eigenvalue weighted by atomic mass is 10.1. The van der Waals surface area contributed by atoms with Crippen molar-refractivity contribution in [3.8, 4) is 5.69 Å². The molecule has 0 N–H and O–H groups in total. The molecule has 2 amide bonds. The van der Waals surface area contributed by atoms with E-state index in [-0.39, 0.29) is 21.8 Å². The number of benzene rings is 2. The van der Waals surface area contributed by atoms with Crippen LogP contribution >= 0.6 is 11.8 Å². The van der Waals surface area contributed by atoms with Gasteiger partial charge in [-0.15, -0.1) is 0 Å². The summed E-state index contributed by atoms with van der Waals surface area (Å²) < 4.78 is 1.96. The summed E-state index contributed by atoms with van der Waals surface area (Å²) in [5.74, 6) is -0.275. The van der Waals surface area contributed by atoms with Gasteiger partial charge < -0.3 is 9.47 Å². The van der Waals surface area contributed by atoms with E-state index in [1.165, 1.54) is 10.5 Å². The van der Waals surface area contributed by atoms with Crippen LogP contribution in [0.5, 0.6) is 0 Å². The summed E-state index contributed by atoms with van der Waals surface area (Å²) in [6.45, 7) is 5.88. The third-order valence-electron chi connectivity index (χ3n) is 7.18. The van der Waals surface area contributed by atoms with E-state index in [4.69, 9.17) is 0 Å². The van der Waals surface area contributed by atoms with Crippen molar-refractivity contribution in [3.63, 3.8) is 0 Å². The van der Waals surface area contributed by atoms with Crippen LogP contribution in [0.1, 0.15) is 41.8 Å². The van der Waals surface area contributed by atoms with E-state index >= 15 is 0 Å². The number of rotatable bonds is 8. The summed E-state index contributed by atoms with van der Waals surface area (Å²) >= 11 is 0.959. The Balaban J connectivity index is 1.36. The number of carbonyl (C=O) groups is 2. The molecule has 196 valence electrons. The Bertz CT molecular complexity index is 1420. The van der Waals surface area contributed by atoms with E-state index in [9.17, 15) is 19.7 Å². The molecule has 9 heteroatoms. The second-order valence-corrected chi connectivity index (χ2v) is 10.7. The minimum atomic E-state index is -0.319. The van der Waals surface area contributed by atoms with E-state index in [0.29, 0.717) is 29.2 Å². The minimum absolute atomic E-state index is 0.0927. The first-order valence-electron chi connectivity index (χ1n) is 12.9. The van der Waals surface area contributed by atoms with Gasteiger partial charge in [0.15, 0.2) is 0 Å². The molecular formula is C29H30N4O4S. The molecule has 3 aromatic rings. The fourth-order valence-corrected chi connectivity index (χ4v) is 6.13. The van der Waals surface area contributed by atoms with E-state index in [0.717, 1.165) is 61.1 Å². The molecule has 2 aromatic carbocycles. The Labute approximate surface area is 226 Å². The third kappa shape index (κ3) is 5.11. The molecule has 2 aliphatic heterocycles. The van der Waals surface area contributed by atoms with Gasteiger partial charge in [0.25, 0.3) is 16.8 Å². The number of hydrogen-bond acceptors (Lipinski definition) is 6. The normalized spacial score (nSPS) is 16.7. The molecule has 0 bridgehead atoms. The summed E-state index contributed by atoms with van der Waals surface area (Å²) in [5.41, 5.74) is 5.17. The Kier molecular flexibility index (Phi) is 7.37. The van der Waals surface area contributed by atoms with Crippen molar-refractivity contribution in [2.75, 3.05) is 24.5 Å². The fourth-order valence-electron chi connectivity index (χ4n) is 5.27. The van der Waals surface area contributed by atoms with Gasteiger partial charge in [0, 0.05) is 37.1 Å². The second kappa shape index (κ2) is 10.9. The van der Waals surface area contributed by atoms with Gasteiger partial charge in [0.05, 0.1) is 15.5 Å². The summed E-state index contributed by atoms with van der Waals surface area (Å²) in [6.07, 6.45) is 5.34. The van der Waals surface area contributed by atoms with Crippen LogP contribution in [0, 0.1) is 24.0 Å². The van der Waals surface area contributed by atoms with Gasteiger partial charge in [-0.25, -0.2) is 0 Å². The molecule has 2 fully saturated rings. The van der Waals surface area contributed by atoms with Crippen molar-refractivity contribution in [1.29, 1.82) is 0 Å². The molecule has 0 unspecified atom stereocenters.